The van der Waals surface area contributed by atoms with Gasteiger partial charge in [0.15, 0.2) is 0 Å². The lowest BCUT2D eigenvalue weighted by atomic mass is 9.85. The predicted octanol–water partition coefficient (Wildman–Crippen LogP) is 4.31. The van der Waals surface area contributed by atoms with E-state index in [0.29, 0.717) is 6.04 Å². The van der Waals surface area contributed by atoms with Crippen LogP contribution in [0.1, 0.15) is 25.7 Å². The van der Waals surface area contributed by atoms with E-state index in [0.717, 1.165) is 35.4 Å². The number of benzene rings is 1. The highest BCUT2D eigenvalue weighted by Crippen LogP contribution is 2.38. The summed E-state index contributed by atoms with van der Waals surface area (Å²) < 4.78 is 12.5. The quantitative estimate of drug-likeness (QED) is 0.856. The van der Waals surface area contributed by atoms with E-state index >= 15 is 0 Å². The van der Waals surface area contributed by atoms with Gasteiger partial charge in [0, 0.05) is 28.9 Å². The van der Waals surface area contributed by atoms with E-state index in [9.17, 15) is 0 Å². The van der Waals surface area contributed by atoms with E-state index in [1.54, 1.807) is 7.11 Å². The van der Waals surface area contributed by atoms with Gasteiger partial charge in [-0.25, -0.2) is 0 Å². The first kappa shape index (κ1) is 15.5. The number of anilines is 1. The highest BCUT2D eigenvalue weighted by atomic mass is 79.9. The standard InChI is InChI=1S/C16H22BrNO2S/c1-19-15-9-12(17)8-14(10-15)18-13-2-5-20-16(11-13)3-6-21-7-4-16/h8-10,13,18H,2-7,11H2,1H3. The smallest absolute Gasteiger partial charge is 0.122 e. The van der Waals surface area contributed by atoms with Crippen LogP contribution in [0.25, 0.3) is 0 Å². The molecule has 2 heterocycles. The normalized spacial score (nSPS) is 24.8. The average Bonchev–Trinajstić information content (AvgIpc) is 2.47. The summed E-state index contributed by atoms with van der Waals surface area (Å²) in [6, 6.07) is 6.64. The molecular formula is C16H22BrNO2S. The largest absolute Gasteiger partial charge is 0.497 e. The fraction of sp³-hybridized carbons (Fsp3) is 0.625. The molecule has 3 rings (SSSR count). The van der Waals surface area contributed by atoms with Crippen LogP contribution < -0.4 is 10.1 Å². The minimum atomic E-state index is 0.122. The van der Waals surface area contributed by atoms with Gasteiger partial charge in [-0.2, -0.15) is 11.8 Å². The summed E-state index contributed by atoms with van der Waals surface area (Å²) in [5.41, 5.74) is 1.24. The van der Waals surface area contributed by atoms with Gasteiger partial charge in [-0.15, -0.1) is 0 Å². The van der Waals surface area contributed by atoms with Gasteiger partial charge in [0.25, 0.3) is 0 Å². The molecule has 1 atom stereocenters. The molecule has 3 nitrogen and oxygen atoms in total. The van der Waals surface area contributed by atoms with Gasteiger partial charge in [-0.3, -0.25) is 0 Å². The molecule has 0 bridgehead atoms. The van der Waals surface area contributed by atoms with Crippen LogP contribution in [0, 0.1) is 0 Å². The number of thioether (sulfide) groups is 1. The van der Waals surface area contributed by atoms with Crippen molar-refractivity contribution in [2.45, 2.75) is 37.3 Å². The van der Waals surface area contributed by atoms with Gasteiger partial charge in [-0.05, 0) is 49.3 Å². The van der Waals surface area contributed by atoms with Crippen LogP contribution in [0.4, 0.5) is 5.69 Å². The van der Waals surface area contributed by atoms with Gasteiger partial charge in [0.2, 0.25) is 0 Å². The fourth-order valence-corrected chi connectivity index (χ4v) is 4.95. The molecule has 2 saturated heterocycles. The first-order chi connectivity index (χ1) is 10.2. The maximum atomic E-state index is 6.16. The molecule has 2 fully saturated rings. The number of ether oxygens (including phenoxy) is 2. The van der Waals surface area contributed by atoms with Crippen molar-refractivity contribution < 1.29 is 9.47 Å². The number of nitrogens with one attached hydrogen (secondary N) is 1. The summed E-state index contributed by atoms with van der Waals surface area (Å²) in [5.74, 6) is 3.34. The molecule has 1 unspecified atom stereocenters. The number of halogens is 1. The number of methoxy groups -OCH3 is 1. The molecule has 116 valence electrons. The Bertz CT molecular complexity index is 486. The summed E-state index contributed by atoms with van der Waals surface area (Å²) in [7, 11) is 1.70. The molecule has 5 heteroatoms. The van der Waals surface area contributed by atoms with Crippen molar-refractivity contribution in [2.75, 3.05) is 30.5 Å². The molecule has 1 aromatic rings. The first-order valence-corrected chi connectivity index (χ1v) is 9.47. The van der Waals surface area contributed by atoms with Crippen LogP contribution in [0.3, 0.4) is 0 Å². The molecular weight excluding hydrogens is 350 g/mol. The SMILES string of the molecule is COc1cc(Br)cc(NC2CCOC3(CCSCC3)C2)c1. The molecule has 0 radical (unpaired) electrons. The zero-order valence-electron chi connectivity index (χ0n) is 12.4. The predicted molar refractivity (Wildman–Crippen MR) is 92.6 cm³/mol. The summed E-state index contributed by atoms with van der Waals surface area (Å²) in [4.78, 5) is 0. The third-order valence-electron chi connectivity index (χ3n) is 4.37. The van der Waals surface area contributed by atoms with Crippen molar-refractivity contribution in [2.24, 2.45) is 0 Å². The Morgan fingerprint density at radius 2 is 2.14 bits per heavy atom. The highest BCUT2D eigenvalue weighted by Gasteiger charge is 2.38. The van der Waals surface area contributed by atoms with Crippen LogP contribution in [0.5, 0.6) is 5.75 Å². The average molecular weight is 372 g/mol. The number of rotatable bonds is 3. The van der Waals surface area contributed by atoms with Crippen molar-refractivity contribution in [3.63, 3.8) is 0 Å². The molecule has 1 N–H and O–H groups in total. The first-order valence-electron chi connectivity index (χ1n) is 7.52. The van der Waals surface area contributed by atoms with Crippen LogP contribution in [-0.2, 0) is 4.74 Å². The molecule has 1 aromatic carbocycles. The van der Waals surface area contributed by atoms with Crippen LogP contribution >= 0.6 is 27.7 Å². The van der Waals surface area contributed by atoms with Gasteiger partial charge in [0.1, 0.15) is 5.75 Å². The van der Waals surface area contributed by atoms with E-state index in [-0.39, 0.29) is 5.60 Å². The lowest BCUT2D eigenvalue weighted by molar-refractivity contribution is -0.0865. The Hall–Kier alpha value is -0.390. The van der Waals surface area contributed by atoms with Gasteiger partial charge >= 0.3 is 0 Å². The molecule has 0 amide bonds. The maximum absolute atomic E-state index is 6.16. The van der Waals surface area contributed by atoms with Crippen LogP contribution in [0.2, 0.25) is 0 Å². The lowest BCUT2D eigenvalue weighted by Gasteiger charge is -2.43. The minimum absolute atomic E-state index is 0.122. The van der Waals surface area contributed by atoms with Crippen molar-refractivity contribution in [3.8, 4) is 5.75 Å². The summed E-state index contributed by atoms with van der Waals surface area (Å²) >= 11 is 5.59. The van der Waals surface area contributed by atoms with Crippen molar-refractivity contribution >= 4 is 33.4 Å². The molecule has 21 heavy (non-hydrogen) atoms. The summed E-state index contributed by atoms with van der Waals surface area (Å²) in [6.07, 6.45) is 4.57. The minimum Gasteiger partial charge on any atom is -0.497 e. The second-order valence-corrected chi connectivity index (χ2v) is 8.00. The summed E-state index contributed by atoms with van der Waals surface area (Å²) in [6.45, 7) is 0.869. The topological polar surface area (TPSA) is 30.5 Å². The Morgan fingerprint density at radius 3 is 2.90 bits per heavy atom. The van der Waals surface area contributed by atoms with Gasteiger partial charge in [0.05, 0.1) is 12.7 Å². The lowest BCUT2D eigenvalue weighted by Crippen LogP contribution is -2.46. The Kier molecular flexibility index (Phi) is 5.02. The van der Waals surface area contributed by atoms with Gasteiger partial charge < -0.3 is 14.8 Å². The van der Waals surface area contributed by atoms with E-state index in [2.05, 4.69) is 45.1 Å². The molecule has 1 spiro atoms. The van der Waals surface area contributed by atoms with Crippen molar-refractivity contribution in [1.29, 1.82) is 0 Å². The number of hydrogen-bond acceptors (Lipinski definition) is 4. The molecule has 0 aromatic heterocycles. The molecule has 0 saturated carbocycles. The van der Waals surface area contributed by atoms with Crippen LogP contribution in [0.15, 0.2) is 22.7 Å². The monoisotopic (exact) mass is 371 g/mol. The zero-order chi connectivity index (χ0) is 14.7. The van der Waals surface area contributed by atoms with Crippen molar-refractivity contribution in [1.82, 2.24) is 0 Å². The second kappa shape index (κ2) is 6.80. The Balaban J connectivity index is 1.68. The van der Waals surface area contributed by atoms with E-state index in [1.807, 2.05) is 6.07 Å². The molecule has 0 aliphatic carbocycles. The molecule has 2 aliphatic rings. The van der Waals surface area contributed by atoms with E-state index in [1.165, 1.54) is 24.3 Å². The fourth-order valence-electron chi connectivity index (χ4n) is 3.24. The second-order valence-electron chi connectivity index (χ2n) is 5.86. The van der Waals surface area contributed by atoms with Gasteiger partial charge in [-0.1, -0.05) is 15.9 Å². The third-order valence-corrected chi connectivity index (χ3v) is 5.82. The van der Waals surface area contributed by atoms with Crippen LogP contribution in [-0.4, -0.2) is 36.9 Å². The zero-order valence-corrected chi connectivity index (χ0v) is 14.8. The van der Waals surface area contributed by atoms with Crippen molar-refractivity contribution in [3.05, 3.63) is 22.7 Å². The van der Waals surface area contributed by atoms with E-state index in [4.69, 9.17) is 9.47 Å². The third kappa shape index (κ3) is 3.88. The Morgan fingerprint density at radius 1 is 1.33 bits per heavy atom. The maximum Gasteiger partial charge on any atom is 0.122 e. The highest BCUT2D eigenvalue weighted by molar-refractivity contribution is 9.10. The van der Waals surface area contributed by atoms with E-state index < -0.39 is 0 Å². The number of hydrogen-bond donors (Lipinski definition) is 1. The Labute approximate surface area is 139 Å². The molecule has 2 aliphatic heterocycles. The summed E-state index contributed by atoms with van der Waals surface area (Å²) in [5, 5.41) is 3.67.